The minimum absolute atomic E-state index is 0.503. The van der Waals surface area contributed by atoms with Gasteiger partial charge in [-0.15, -0.1) is 0 Å². The Bertz CT molecular complexity index is 510. The number of aromatic nitrogens is 2. The Kier molecular flexibility index (Phi) is 2.83. The first-order chi connectivity index (χ1) is 7.78. The molecule has 1 aromatic heterocycles. The van der Waals surface area contributed by atoms with E-state index in [2.05, 4.69) is 21.5 Å². The zero-order valence-electron chi connectivity index (χ0n) is 8.77. The zero-order valence-corrected chi connectivity index (χ0v) is 8.77. The summed E-state index contributed by atoms with van der Waals surface area (Å²) in [7, 11) is 0. The van der Waals surface area contributed by atoms with Gasteiger partial charge >= 0.3 is 0 Å². The van der Waals surface area contributed by atoms with Crippen molar-refractivity contribution in [1.29, 1.82) is 5.26 Å². The first kappa shape index (κ1) is 10.2. The van der Waals surface area contributed by atoms with E-state index in [-0.39, 0.29) is 0 Å². The molecule has 0 spiro atoms. The first-order valence-corrected chi connectivity index (χ1v) is 4.81. The SMILES string of the molecule is Cc1nc(CNc2ccc(C#N)cc2)no1. The second-order valence-electron chi connectivity index (χ2n) is 3.27. The van der Waals surface area contributed by atoms with Crippen LogP contribution in [0.5, 0.6) is 0 Å². The number of hydrogen-bond acceptors (Lipinski definition) is 5. The van der Waals surface area contributed by atoms with Gasteiger partial charge in [-0.2, -0.15) is 10.2 Å². The van der Waals surface area contributed by atoms with Crippen LogP contribution in [-0.4, -0.2) is 10.1 Å². The van der Waals surface area contributed by atoms with Crippen LogP contribution >= 0.6 is 0 Å². The fourth-order valence-electron chi connectivity index (χ4n) is 1.26. The largest absolute Gasteiger partial charge is 0.378 e. The third-order valence-electron chi connectivity index (χ3n) is 2.03. The molecule has 0 aliphatic carbocycles. The summed E-state index contributed by atoms with van der Waals surface area (Å²) in [5.41, 5.74) is 1.56. The lowest BCUT2D eigenvalue weighted by atomic mass is 10.2. The van der Waals surface area contributed by atoms with Gasteiger partial charge in [-0.1, -0.05) is 5.16 Å². The van der Waals surface area contributed by atoms with Gasteiger partial charge in [0.25, 0.3) is 0 Å². The lowest BCUT2D eigenvalue weighted by molar-refractivity contribution is 0.388. The van der Waals surface area contributed by atoms with Gasteiger partial charge in [-0.25, -0.2) is 0 Å². The van der Waals surface area contributed by atoms with Gasteiger partial charge in [0, 0.05) is 12.6 Å². The average molecular weight is 214 g/mol. The second kappa shape index (κ2) is 4.45. The molecule has 0 bridgehead atoms. The molecule has 2 aromatic rings. The third-order valence-corrected chi connectivity index (χ3v) is 2.03. The zero-order chi connectivity index (χ0) is 11.4. The number of nitriles is 1. The third kappa shape index (κ3) is 2.36. The monoisotopic (exact) mass is 214 g/mol. The number of nitrogens with zero attached hydrogens (tertiary/aromatic N) is 3. The number of hydrogen-bond donors (Lipinski definition) is 1. The standard InChI is InChI=1S/C11H10N4O/c1-8-14-11(15-16-8)7-13-10-4-2-9(6-12)3-5-10/h2-5,13H,7H2,1H3. The summed E-state index contributed by atoms with van der Waals surface area (Å²) in [5, 5.41) is 15.5. The highest BCUT2D eigenvalue weighted by Gasteiger charge is 2.01. The highest BCUT2D eigenvalue weighted by atomic mass is 16.5. The molecule has 0 aliphatic heterocycles. The smallest absolute Gasteiger partial charge is 0.223 e. The molecule has 5 nitrogen and oxygen atoms in total. The van der Waals surface area contributed by atoms with Crippen LogP contribution in [0.25, 0.3) is 0 Å². The Hall–Kier alpha value is -2.35. The van der Waals surface area contributed by atoms with Crippen molar-refractivity contribution >= 4 is 5.69 Å². The Labute approximate surface area is 92.7 Å². The molecule has 16 heavy (non-hydrogen) atoms. The molecule has 80 valence electrons. The summed E-state index contributed by atoms with van der Waals surface area (Å²) in [4.78, 5) is 4.07. The molecule has 0 radical (unpaired) electrons. The maximum atomic E-state index is 8.64. The Balaban J connectivity index is 1.97. The Morgan fingerprint density at radius 2 is 2.12 bits per heavy atom. The van der Waals surface area contributed by atoms with Crippen LogP contribution in [0.4, 0.5) is 5.69 Å². The summed E-state index contributed by atoms with van der Waals surface area (Å²) in [6.07, 6.45) is 0. The maximum Gasteiger partial charge on any atom is 0.223 e. The lowest BCUT2D eigenvalue weighted by Gasteiger charge is -2.02. The van der Waals surface area contributed by atoms with Gasteiger partial charge in [-0.05, 0) is 24.3 Å². The number of benzene rings is 1. The fourth-order valence-corrected chi connectivity index (χ4v) is 1.26. The van der Waals surface area contributed by atoms with E-state index in [1.165, 1.54) is 0 Å². The molecule has 0 atom stereocenters. The fraction of sp³-hybridized carbons (Fsp3) is 0.182. The van der Waals surface area contributed by atoms with Crippen LogP contribution in [0.1, 0.15) is 17.3 Å². The van der Waals surface area contributed by atoms with Crippen molar-refractivity contribution < 1.29 is 4.52 Å². The van der Waals surface area contributed by atoms with Crippen molar-refractivity contribution in [2.24, 2.45) is 0 Å². The number of aryl methyl sites for hydroxylation is 1. The molecule has 5 heteroatoms. The summed E-state index contributed by atoms with van der Waals surface area (Å²) < 4.78 is 4.85. The quantitative estimate of drug-likeness (QED) is 0.844. The van der Waals surface area contributed by atoms with Crippen molar-refractivity contribution in [3.8, 4) is 6.07 Å². The van der Waals surface area contributed by atoms with Crippen LogP contribution in [0.15, 0.2) is 28.8 Å². The molecule has 0 saturated carbocycles. The molecular formula is C11H10N4O. The van der Waals surface area contributed by atoms with Gasteiger partial charge < -0.3 is 9.84 Å². The van der Waals surface area contributed by atoms with Gasteiger partial charge in [0.15, 0.2) is 5.82 Å². The van der Waals surface area contributed by atoms with Crippen LogP contribution in [0.2, 0.25) is 0 Å². The number of nitrogens with one attached hydrogen (secondary N) is 1. The maximum absolute atomic E-state index is 8.64. The lowest BCUT2D eigenvalue weighted by Crippen LogP contribution is -2.00. The predicted octanol–water partition coefficient (Wildman–Crippen LogP) is 1.86. The van der Waals surface area contributed by atoms with Crippen molar-refractivity contribution in [3.05, 3.63) is 41.5 Å². The van der Waals surface area contributed by atoms with Crippen LogP contribution in [0.3, 0.4) is 0 Å². The molecule has 1 heterocycles. The molecule has 0 aliphatic rings. The van der Waals surface area contributed by atoms with Crippen molar-refractivity contribution in [2.45, 2.75) is 13.5 Å². The summed E-state index contributed by atoms with van der Waals surface area (Å²) >= 11 is 0. The van der Waals surface area contributed by atoms with E-state index in [0.717, 1.165) is 5.69 Å². The van der Waals surface area contributed by atoms with E-state index in [9.17, 15) is 0 Å². The molecule has 1 N–H and O–H groups in total. The topological polar surface area (TPSA) is 74.7 Å². The molecule has 0 saturated heterocycles. The van der Waals surface area contributed by atoms with Gasteiger partial charge in [0.1, 0.15) is 0 Å². The minimum atomic E-state index is 0.503. The number of rotatable bonds is 3. The van der Waals surface area contributed by atoms with E-state index in [1.54, 1.807) is 19.1 Å². The van der Waals surface area contributed by atoms with Gasteiger partial charge in [0.2, 0.25) is 5.89 Å². The summed E-state index contributed by atoms with van der Waals surface area (Å²) in [6, 6.07) is 9.25. The summed E-state index contributed by atoms with van der Waals surface area (Å²) in [5.74, 6) is 1.17. The molecule has 1 aromatic carbocycles. The molecular weight excluding hydrogens is 204 g/mol. The van der Waals surface area contributed by atoms with E-state index >= 15 is 0 Å². The van der Waals surface area contributed by atoms with Crippen molar-refractivity contribution in [1.82, 2.24) is 10.1 Å². The average Bonchev–Trinajstić information content (AvgIpc) is 2.73. The molecule has 0 unspecified atom stereocenters. The highest BCUT2D eigenvalue weighted by Crippen LogP contribution is 2.09. The van der Waals surface area contributed by atoms with Gasteiger partial charge in [-0.3, -0.25) is 0 Å². The molecule has 0 amide bonds. The molecule has 0 fully saturated rings. The Morgan fingerprint density at radius 1 is 1.38 bits per heavy atom. The van der Waals surface area contributed by atoms with Crippen LogP contribution in [0, 0.1) is 18.3 Å². The van der Waals surface area contributed by atoms with Crippen molar-refractivity contribution in [2.75, 3.05) is 5.32 Å². The van der Waals surface area contributed by atoms with E-state index < -0.39 is 0 Å². The number of anilines is 1. The summed E-state index contributed by atoms with van der Waals surface area (Å²) in [6.45, 7) is 2.25. The minimum Gasteiger partial charge on any atom is -0.378 e. The van der Waals surface area contributed by atoms with Gasteiger partial charge in [0.05, 0.1) is 18.2 Å². The van der Waals surface area contributed by atoms with E-state index in [1.807, 2.05) is 12.1 Å². The Morgan fingerprint density at radius 3 is 2.69 bits per heavy atom. The van der Waals surface area contributed by atoms with Crippen LogP contribution in [-0.2, 0) is 6.54 Å². The van der Waals surface area contributed by atoms with Crippen LogP contribution < -0.4 is 5.32 Å². The normalized spacial score (nSPS) is 9.75. The highest BCUT2D eigenvalue weighted by molar-refractivity contribution is 5.47. The second-order valence-corrected chi connectivity index (χ2v) is 3.27. The van der Waals surface area contributed by atoms with E-state index in [0.29, 0.717) is 23.8 Å². The van der Waals surface area contributed by atoms with E-state index in [4.69, 9.17) is 9.78 Å². The molecule has 2 rings (SSSR count). The predicted molar refractivity (Wildman–Crippen MR) is 57.5 cm³/mol. The van der Waals surface area contributed by atoms with Crippen molar-refractivity contribution in [3.63, 3.8) is 0 Å². The first-order valence-electron chi connectivity index (χ1n) is 4.81.